The molecule has 2 rings (SSSR count). The van der Waals surface area contributed by atoms with Crippen LogP contribution in [0.25, 0.3) is 11.1 Å². The molecule has 12 heavy (non-hydrogen) atoms. The van der Waals surface area contributed by atoms with Crippen LogP contribution in [0.15, 0.2) is 18.2 Å². The lowest BCUT2D eigenvalue weighted by molar-refractivity contribution is 0.0698. The van der Waals surface area contributed by atoms with Crippen molar-refractivity contribution < 1.29 is 19.9 Å². The van der Waals surface area contributed by atoms with Gasteiger partial charge in [-0.3, -0.25) is 0 Å². The maximum absolute atomic E-state index is 10.3. The molecule has 4 nitrogen and oxygen atoms in total. The van der Waals surface area contributed by atoms with E-state index in [-0.39, 0.29) is 7.69 Å². The van der Waals surface area contributed by atoms with Crippen LogP contribution in [0.5, 0.6) is 0 Å². The van der Waals surface area contributed by atoms with E-state index in [0.717, 1.165) is 11.1 Å². The second kappa shape index (κ2) is 3.38. The van der Waals surface area contributed by atoms with Gasteiger partial charge in [0.1, 0.15) is 0 Å². The number of hydrogen-bond acceptors (Lipinski definition) is 3. The number of carbonyl (C=O) groups is 1. The van der Waals surface area contributed by atoms with E-state index in [4.69, 9.17) is 15.2 Å². The second-order valence-corrected chi connectivity index (χ2v) is 2.18. The largest absolute Gasteiger partial charge is 0.482 e. The van der Waals surface area contributed by atoms with Gasteiger partial charge in [-0.1, -0.05) is 6.07 Å². The Bertz CT molecular complexity index is 310. The van der Waals surface area contributed by atoms with Crippen LogP contribution in [-0.4, -0.2) is 28.8 Å². The summed E-state index contributed by atoms with van der Waals surface area (Å²) in [5.74, 6) is -0.829. The van der Waals surface area contributed by atoms with Crippen LogP contribution in [0.4, 0.5) is 0 Å². The maximum atomic E-state index is 10.3. The van der Waals surface area contributed by atoms with E-state index >= 15 is 0 Å². The molecule has 0 aromatic carbocycles. The highest BCUT2D eigenvalue weighted by molar-refractivity contribution is 6.13. The van der Waals surface area contributed by atoms with Gasteiger partial charge in [0.15, 0.2) is 0 Å². The molecule has 0 amide bonds. The Morgan fingerprint density at radius 1 is 1.33 bits per heavy atom. The molecule has 1 radical (unpaired) electrons. The first kappa shape index (κ1) is 8.77. The molecule has 0 saturated heterocycles. The third kappa shape index (κ3) is 1.64. The zero-order valence-electron chi connectivity index (χ0n) is 6.06. The molecule has 61 valence electrons. The molecule has 0 fully saturated rings. The molecule has 0 saturated carbocycles. The smallest absolute Gasteiger partial charge is 0.478 e. The van der Waals surface area contributed by atoms with Crippen LogP contribution in [0.2, 0.25) is 0 Å². The summed E-state index contributed by atoms with van der Waals surface area (Å²) >= 11 is 0. The summed E-state index contributed by atoms with van der Waals surface area (Å²) in [7, 11) is 0. The van der Waals surface area contributed by atoms with Crippen LogP contribution in [0, 0.1) is 0 Å². The Balaban J connectivity index is 0.000000213. The SMILES string of the molecule is O=C(O)c1ccc2cc1-2.O[B]O. The molecule has 0 aromatic heterocycles. The summed E-state index contributed by atoms with van der Waals surface area (Å²) in [4.78, 5) is 10.3. The average molecular weight is 165 g/mol. The quantitative estimate of drug-likeness (QED) is 0.514. The van der Waals surface area contributed by atoms with Gasteiger partial charge in [0.25, 0.3) is 0 Å². The molecule has 0 bridgehead atoms. The van der Waals surface area contributed by atoms with Gasteiger partial charge in [0.2, 0.25) is 0 Å². The first-order valence-electron chi connectivity index (χ1n) is 3.18. The van der Waals surface area contributed by atoms with Gasteiger partial charge in [0, 0.05) is 0 Å². The molecule has 0 unspecified atom stereocenters. The minimum absolute atomic E-state index is 0. The van der Waals surface area contributed by atoms with Gasteiger partial charge in [-0.25, -0.2) is 4.79 Å². The van der Waals surface area contributed by atoms with E-state index in [2.05, 4.69) is 0 Å². The first-order valence-corrected chi connectivity index (χ1v) is 3.18. The zero-order chi connectivity index (χ0) is 9.14. The summed E-state index contributed by atoms with van der Waals surface area (Å²) in [6, 6.07) is 5.31. The third-order valence-electron chi connectivity index (χ3n) is 1.48. The molecule has 2 aliphatic carbocycles. The minimum Gasteiger partial charge on any atom is -0.478 e. The number of carboxylic acids is 1. The molecule has 0 aliphatic heterocycles. The van der Waals surface area contributed by atoms with Crippen LogP contribution >= 0.6 is 0 Å². The summed E-state index contributed by atoms with van der Waals surface area (Å²) < 4.78 is 0. The van der Waals surface area contributed by atoms with E-state index in [0.29, 0.717) is 5.56 Å². The molecule has 0 spiro atoms. The normalized spacial score (nSPS) is 9.50. The van der Waals surface area contributed by atoms with E-state index in [9.17, 15) is 4.79 Å². The van der Waals surface area contributed by atoms with Gasteiger partial charge in [0.05, 0.1) is 5.56 Å². The van der Waals surface area contributed by atoms with Crippen molar-refractivity contribution in [1.82, 2.24) is 0 Å². The summed E-state index contributed by atoms with van der Waals surface area (Å²) in [6.45, 7) is 0. The lowest BCUT2D eigenvalue weighted by Gasteiger charge is -1.82. The lowest BCUT2D eigenvalue weighted by Crippen LogP contribution is -1.91. The van der Waals surface area contributed by atoms with Crippen molar-refractivity contribution in [3.05, 3.63) is 23.8 Å². The van der Waals surface area contributed by atoms with Crippen LogP contribution in [-0.2, 0) is 0 Å². The molecule has 0 heterocycles. The number of hydrogen-bond donors (Lipinski definition) is 3. The molecule has 0 atom stereocenters. The fourth-order valence-electron chi connectivity index (χ4n) is 0.940. The first-order chi connectivity index (χ1) is 5.70. The molecule has 2 aliphatic rings. The van der Waals surface area contributed by atoms with Crippen LogP contribution < -0.4 is 0 Å². The fraction of sp³-hybridized carbons (Fsp3) is 0. The second-order valence-electron chi connectivity index (χ2n) is 2.18. The Labute approximate surface area is 69.4 Å². The van der Waals surface area contributed by atoms with E-state index in [1.54, 1.807) is 6.07 Å². The summed E-state index contributed by atoms with van der Waals surface area (Å²) in [5, 5.41) is 22.5. The maximum Gasteiger partial charge on any atom is 0.482 e. The van der Waals surface area contributed by atoms with E-state index in [1.807, 2.05) is 12.1 Å². The highest BCUT2D eigenvalue weighted by Gasteiger charge is 2.20. The summed E-state index contributed by atoms with van der Waals surface area (Å²) in [6.07, 6.45) is 0. The zero-order valence-corrected chi connectivity index (χ0v) is 6.06. The molecule has 3 N–H and O–H groups in total. The third-order valence-corrected chi connectivity index (χ3v) is 1.48. The summed E-state index contributed by atoms with van der Waals surface area (Å²) in [5.41, 5.74) is 2.42. The Morgan fingerprint density at radius 3 is 2.08 bits per heavy atom. The molecular weight excluding hydrogens is 159 g/mol. The van der Waals surface area contributed by atoms with E-state index < -0.39 is 5.97 Å². The van der Waals surface area contributed by atoms with Gasteiger partial charge >= 0.3 is 13.7 Å². The average Bonchev–Trinajstić information content (AvgIpc) is 2.63. The predicted octanol–water partition coefficient (Wildman–Crippen LogP) is -0.130. The molecular formula is C7H6BO4. The van der Waals surface area contributed by atoms with Crippen LogP contribution in [0.1, 0.15) is 10.4 Å². The van der Waals surface area contributed by atoms with Crippen LogP contribution in [0.3, 0.4) is 0 Å². The van der Waals surface area contributed by atoms with Crippen molar-refractivity contribution in [2.24, 2.45) is 0 Å². The van der Waals surface area contributed by atoms with Crippen molar-refractivity contribution in [3.63, 3.8) is 0 Å². The Kier molecular flexibility index (Phi) is 2.47. The molecule has 5 heteroatoms. The van der Waals surface area contributed by atoms with Crippen molar-refractivity contribution in [2.75, 3.05) is 0 Å². The van der Waals surface area contributed by atoms with E-state index in [1.165, 1.54) is 0 Å². The minimum atomic E-state index is -0.829. The highest BCUT2D eigenvalue weighted by atomic mass is 16.4. The number of carboxylic acid groups (broad SMARTS) is 1. The Hall–Kier alpha value is -1.33. The van der Waals surface area contributed by atoms with Gasteiger partial charge in [-0.05, 0) is 23.3 Å². The Morgan fingerprint density at radius 2 is 1.92 bits per heavy atom. The number of aromatic carboxylic acids is 1. The monoisotopic (exact) mass is 165 g/mol. The predicted molar refractivity (Wildman–Crippen MR) is 42.6 cm³/mol. The van der Waals surface area contributed by atoms with Gasteiger partial charge in [-0.2, -0.15) is 0 Å². The number of rotatable bonds is 1. The van der Waals surface area contributed by atoms with Gasteiger partial charge < -0.3 is 15.2 Å². The van der Waals surface area contributed by atoms with Crippen molar-refractivity contribution in [1.29, 1.82) is 0 Å². The standard InChI is InChI=1S/C7H4O2.BH2O2/c8-7(9)5-2-1-4-3-6(4)5;2-1-3/h1-3H,(H,8,9);2-3H. The fourth-order valence-corrected chi connectivity index (χ4v) is 0.940. The number of fused-ring (bicyclic) bond motifs is 1. The van der Waals surface area contributed by atoms with Crippen molar-refractivity contribution in [3.8, 4) is 11.1 Å². The van der Waals surface area contributed by atoms with Gasteiger partial charge in [-0.15, -0.1) is 0 Å². The topological polar surface area (TPSA) is 77.8 Å². The molecule has 0 aromatic rings. The van der Waals surface area contributed by atoms with Crippen molar-refractivity contribution >= 4 is 13.7 Å². The van der Waals surface area contributed by atoms with Crippen molar-refractivity contribution in [2.45, 2.75) is 0 Å². The number of benzene rings is 1. The lowest BCUT2D eigenvalue weighted by atomic mass is 10.3. The highest BCUT2D eigenvalue weighted by Crippen LogP contribution is 2.37.